The summed E-state index contributed by atoms with van der Waals surface area (Å²) in [7, 11) is 1.92. The second kappa shape index (κ2) is 7.90. The van der Waals surface area contributed by atoms with E-state index in [2.05, 4.69) is 10.4 Å². The number of rotatable bonds is 7. The molecule has 1 heterocycles. The van der Waals surface area contributed by atoms with E-state index < -0.39 is 0 Å². The molecule has 0 bridgehead atoms. The molecule has 0 unspecified atom stereocenters. The Kier molecular flexibility index (Phi) is 5.90. The highest BCUT2D eigenvalue weighted by Gasteiger charge is 2.11. The first-order chi connectivity index (χ1) is 11.4. The predicted molar refractivity (Wildman–Crippen MR) is 94.1 cm³/mol. The van der Waals surface area contributed by atoms with Gasteiger partial charge in [0, 0.05) is 37.7 Å². The summed E-state index contributed by atoms with van der Waals surface area (Å²) in [6.07, 6.45) is 1.21. The molecule has 0 spiro atoms. The fraction of sp³-hybridized carbons (Fsp3) is 0.421. The van der Waals surface area contributed by atoms with Crippen molar-refractivity contribution >= 4 is 11.7 Å². The molecule has 1 amide bonds. The highest BCUT2D eigenvalue weighted by atomic mass is 16.2. The van der Waals surface area contributed by atoms with Crippen LogP contribution in [0.15, 0.2) is 24.3 Å². The number of carbonyl (C=O) groups excluding carboxylic acids is 2. The summed E-state index contributed by atoms with van der Waals surface area (Å²) in [6, 6.07) is 7.44. The van der Waals surface area contributed by atoms with Crippen molar-refractivity contribution in [3.8, 4) is 0 Å². The van der Waals surface area contributed by atoms with Crippen LogP contribution in [0.25, 0.3) is 0 Å². The normalized spacial score (nSPS) is 10.7. The maximum absolute atomic E-state index is 12.1. The van der Waals surface area contributed by atoms with E-state index in [0.29, 0.717) is 12.1 Å². The molecule has 2 aromatic rings. The van der Waals surface area contributed by atoms with Crippen molar-refractivity contribution in [3.05, 3.63) is 52.3 Å². The standard InChI is InChI=1S/C19H25N3O2/c1-13-5-7-16(8-6-13)18(23)9-10-19(24)20-12-11-17-14(2)21-22(4)15(17)3/h5-8H,9-12H2,1-4H3,(H,20,24). The summed E-state index contributed by atoms with van der Waals surface area (Å²) >= 11 is 0. The third kappa shape index (κ3) is 4.54. The Balaban J connectivity index is 1.75. The third-order valence-corrected chi connectivity index (χ3v) is 4.31. The van der Waals surface area contributed by atoms with Crippen LogP contribution >= 0.6 is 0 Å². The van der Waals surface area contributed by atoms with Gasteiger partial charge in [-0.1, -0.05) is 29.8 Å². The van der Waals surface area contributed by atoms with Crippen LogP contribution in [0.3, 0.4) is 0 Å². The number of ketones is 1. The highest BCUT2D eigenvalue weighted by molar-refractivity contribution is 5.97. The smallest absolute Gasteiger partial charge is 0.220 e. The maximum Gasteiger partial charge on any atom is 0.220 e. The SMILES string of the molecule is Cc1ccc(C(=O)CCC(=O)NCCc2c(C)nn(C)c2C)cc1. The number of amides is 1. The van der Waals surface area contributed by atoms with Crippen molar-refractivity contribution in [2.75, 3.05) is 6.54 Å². The molecule has 0 saturated heterocycles. The minimum absolute atomic E-state index is 0.00379. The molecule has 128 valence electrons. The largest absolute Gasteiger partial charge is 0.356 e. The number of Topliss-reactive ketones (excluding diaryl/α,β-unsaturated/α-hetero) is 1. The van der Waals surface area contributed by atoms with E-state index in [9.17, 15) is 9.59 Å². The first-order valence-electron chi connectivity index (χ1n) is 8.24. The van der Waals surface area contributed by atoms with Gasteiger partial charge in [-0.3, -0.25) is 14.3 Å². The van der Waals surface area contributed by atoms with Gasteiger partial charge < -0.3 is 5.32 Å². The van der Waals surface area contributed by atoms with Crippen LogP contribution in [-0.4, -0.2) is 28.0 Å². The van der Waals surface area contributed by atoms with Crippen molar-refractivity contribution < 1.29 is 9.59 Å². The Morgan fingerprint density at radius 2 is 1.75 bits per heavy atom. The van der Waals surface area contributed by atoms with Crippen LogP contribution in [0.2, 0.25) is 0 Å². The van der Waals surface area contributed by atoms with Gasteiger partial charge in [0.05, 0.1) is 5.69 Å². The van der Waals surface area contributed by atoms with Gasteiger partial charge in [0.2, 0.25) is 5.91 Å². The van der Waals surface area contributed by atoms with E-state index in [4.69, 9.17) is 0 Å². The number of hydrogen-bond donors (Lipinski definition) is 1. The van der Waals surface area contributed by atoms with Gasteiger partial charge in [0.15, 0.2) is 5.78 Å². The monoisotopic (exact) mass is 327 g/mol. The zero-order valence-corrected chi connectivity index (χ0v) is 14.8. The van der Waals surface area contributed by atoms with Crippen LogP contribution in [0.4, 0.5) is 0 Å². The number of aryl methyl sites for hydroxylation is 3. The van der Waals surface area contributed by atoms with Crippen molar-refractivity contribution in [2.24, 2.45) is 7.05 Å². The third-order valence-electron chi connectivity index (χ3n) is 4.31. The molecule has 24 heavy (non-hydrogen) atoms. The Hall–Kier alpha value is -2.43. The van der Waals surface area contributed by atoms with E-state index in [0.717, 1.165) is 23.4 Å². The molecule has 0 aliphatic rings. The number of hydrogen-bond acceptors (Lipinski definition) is 3. The zero-order chi connectivity index (χ0) is 17.7. The molecular formula is C19H25N3O2. The molecule has 1 aromatic carbocycles. The summed E-state index contributed by atoms with van der Waals surface area (Å²) in [5, 5.41) is 7.25. The van der Waals surface area contributed by atoms with E-state index >= 15 is 0 Å². The summed E-state index contributed by atoms with van der Waals surface area (Å²) in [5.74, 6) is -0.0845. The average molecular weight is 327 g/mol. The van der Waals surface area contributed by atoms with Gasteiger partial charge >= 0.3 is 0 Å². The number of nitrogens with one attached hydrogen (secondary N) is 1. The molecule has 0 radical (unpaired) electrons. The molecule has 5 nitrogen and oxygen atoms in total. The number of aromatic nitrogens is 2. The van der Waals surface area contributed by atoms with Crippen molar-refractivity contribution in [1.29, 1.82) is 0 Å². The maximum atomic E-state index is 12.1. The lowest BCUT2D eigenvalue weighted by molar-refractivity contribution is -0.121. The fourth-order valence-corrected chi connectivity index (χ4v) is 2.71. The topological polar surface area (TPSA) is 64.0 Å². The van der Waals surface area contributed by atoms with Gasteiger partial charge in [-0.05, 0) is 32.8 Å². The number of benzene rings is 1. The van der Waals surface area contributed by atoms with Crippen molar-refractivity contribution in [1.82, 2.24) is 15.1 Å². The molecule has 2 rings (SSSR count). The quantitative estimate of drug-likeness (QED) is 0.795. The summed E-state index contributed by atoms with van der Waals surface area (Å²) in [5.41, 5.74) is 5.07. The predicted octanol–water partition coefficient (Wildman–Crippen LogP) is 2.67. The molecule has 0 aliphatic heterocycles. The molecule has 0 saturated carbocycles. The van der Waals surface area contributed by atoms with Gasteiger partial charge in [0.25, 0.3) is 0 Å². The van der Waals surface area contributed by atoms with Gasteiger partial charge in [0.1, 0.15) is 0 Å². The minimum atomic E-state index is -0.0883. The first kappa shape index (κ1) is 17.9. The van der Waals surface area contributed by atoms with Crippen molar-refractivity contribution in [3.63, 3.8) is 0 Å². The second-order valence-electron chi connectivity index (χ2n) is 6.16. The second-order valence-corrected chi connectivity index (χ2v) is 6.16. The fourth-order valence-electron chi connectivity index (χ4n) is 2.71. The minimum Gasteiger partial charge on any atom is -0.356 e. The molecule has 0 atom stereocenters. The molecule has 1 aromatic heterocycles. The van der Waals surface area contributed by atoms with Crippen LogP contribution in [0.5, 0.6) is 0 Å². The average Bonchev–Trinajstić information content (AvgIpc) is 2.79. The Morgan fingerprint density at radius 3 is 2.33 bits per heavy atom. The molecule has 1 N–H and O–H groups in total. The summed E-state index contributed by atoms with van der Waals surface area (Å²) in [6.45, 7) is 6.54. The van der Waals surface area contributed by atoms with E-state index in [1.165, 1.54) is 5.56 Å². The number of carbonyl (C=O) groups is 2. The molecule has 5 heteroatoms. The molecule has 0 aliphatic carbocycles. The lowest BCUT2D eigenvalue weighted by atomic mass is 10.0. The lowest BCUT2D eigenvalue weighted by Gasteiger charge is -2.06. The van der Waals surface area contributed by atoms with Gasteiger partial charge in [-0.15, -0.1) is 0 Å². The van der Waals surface area contributed by atoms with E-state index in [-0.39, 0.29) is 24.5 Å². The lowest BCUT2D eigenvalue weighted by Crippen LogP contribution is -2.26. The number of nitrogens with zero attached hydrogens (tertiary/aromatic N) is 2. The van der Waals surface area contributed by atoms with E-state index in [1.807, 2.05) is 56.8 Å². The Labute approximate surface area is 143 Å². The van der Waals surface area contributed by atoms with Crippen LogP contribution in [-0.2, 0) is 18.3 Å². The first-order valence-corrected chi connectivity index (χ1v) is 8.24. The van der Waals surface area contributed by atoms with Crippen LogP contribution < -0.4 is 5.32 Å². The van der Waals surface area contributed by atoms with Gasteiger partial charge in [-0.25, -0.2) is 0 Å². The highest BCUT2D eigenvalue weighted by Crippen LogP contribution is 2.12. The molecular weight excluding hydrogens is 302 g/mol. The summed E-state index contributed by atoms with van der Waals surface area (Å²) in [4.78, 5) is 24.0. The van der Waals surface area contributed by atoms with Crippen LogP contribution in [0, 0.1) is 20.8 Å². The Morgan fingerprint density at radius 1 is 1.08 bits per heavy atom. The van der Waals surface area contributed by atoms with Crippen LogP contribution in [0.1, 0.15) is 45.7 Å². The van der Waals surface area contributed by atoms with Crippen molar-refractivity contribution in [2.45, 2.75) is 40.0 Å². The van der Waals surface area contributed by atoms with E-state index in [1.54, 1.807) is 0 Å². The van der Waals surface area contributed by atoms with Gasteiger partial charge in [-0.2, -0.15) is 5.10 Å². The summed E-state index contributed by atoms with van der Waals surface area (Å²) < 4.78 is 1.85. The zero-order valence-electron chi connectivity index (χ0n) is 14.8. The Bertz CT molecular complexity index is 730. The molecule has 0 fully saturated rings.